The monoisotopic (exact) mass is 1910 g/mol. The van der Waals surface area contributed by atoms with E-state index in [0.717, 1.165) is 0 Å². The molecule has 0 nitrogen and oxygen atoms in total. The van der Waals surface area contributed by atoms with Gasteiger partial charge in [0.05, 0.1) is 0 Å². The minimum absolute atomic E-state index is 0.0204. The van der Waals surface area contributed by atoms with E-state index in [-0.39, 0.29) is 90.2 Å². The van der Waals surface area contributed by atoms with E-state index in [0.29, 0.717) is 0 Å². The van der Waals surface area contributed by atoms with Gasteiger partial charge in [-0.15, -0.1) is 0 Å². The van der Waals surface area contributed by atoms with Crippen LogP contribution in [0.4, 0.5) is 0 Å². The van der Waals surface area contributed by atoms with E-state index in [2.05, 4.69) is 561 Å². The van der Waals surface area contributed by atoms with Gasteiger partial charge in [-0.25, -0.2) is 0 Å². The van der Waals surface area contributed by atoms with Crippen LogP contribution >= 0.6 is 0 Å². The van der Waals surface area contributed by atoms with Crippen LogP contribution in [0.15, 0.2) is 291 Å². The van der Waals surface area contributed by atoms with Crippen LogP contribution in [0.3, 0.4) is 0 Å². The fraction of sp³-hybridized carbons (Fsp3) is 0.379. The van der Waals surface area contributed by atoms with Crippen molar-refractivity contribution in [3.8, 4) is 0 Å². The van der Waals surface area contributed by atoms with Crippen molar-refractivity contribution in [2.75, 3.05) is 0 Å². The van der Waals surface area contributed by atoms with Crippen molar-refractivity contribution in [3.05, 3.63) is 525 Å². The first-order chi connectivity index (χ1) is 67.5. The first-order valence-electron chi connectivity index (χ1n) is 54.1. The molecule has 0 N–H and O–H groups in total. The molecule has 0 aliphatic rings. The van der Waals surface area contributed by atoms with Crippen molar-refractivity contribution in [1.82, 2.24) is 0 Å². The molecule has 0 saturated heterocycles. The molecule has 145 heavy (non-hydrogen) atoms. The van der Waals surface area contributed by atoms with Crippen molar-refractivity contribution >= 4 is 0 Å². The van der Waals surface area contributed by atoms with E-state index in [9.17, 15) is 0 Å². The Labute approximate surface area is 878 Å². The Bertz CT molecular complexity index is 6180. The van der Waals surface area contributed by atoms with Crippen molar-refractivity contribution in [3.63, 3.8) is 0 Å². The van der Waals surface area contributed by atoms with Crippen LogP contribution in [0.5, 0.6) is 0 Å². The molecule has 0 amide bonds. The second-order valence-corrected chi connectivity index (χ2v) is 53.3. The van der Waals surface area contributed by atoms with Crippen LogP contribution in [0.2, 0.25) is 0 Å². The summed E-state index contributed by atoms with van der Waals surface area (Å²) in [6.07, 6.45) is 0. The van der Waals surface area contributed by atoms with Gasteiger partial charge in [-0.05, 0) is 365 Å². The third kappa shape index (κ3) is 23.0. The summed E-state index contributed by atoms with van der Waals surface area (Å²) in [6, 6.07) is 119. The molecule has 15 rings (SSSR count). The Kier molecular flexibility index (Phi) is 30.0. The van der Waals surface area contributed by atoms with Gasteiger partial charge in [-0.1, -0.05) is 478 Å². The minimum Gasteiger partial charge on any atom is -0.0582 e. The van der Waals surface area contributed by atoms with E-state index in [1.54, 1.807) is 0 Å². The fourth-order valence-electron chi connectivity index (χ4n) is 23.4. The smallest absolute Gasteiger partial charge is 0.0348 e. The van der Waals surface area contributed by atoms with Crippen LogP contribution in [0.1, 0.15) is 462 Å². The molecule has 0 aliphatic carbocycles. The summed E-state index contributed by atoms with van der Waals surface area (Å²) in [5.41, 5.74) is 54.5. The molecule has 0 aromatic heterocycles. The zero-order chi connectivity index (χ0) is 106. The summed E-state index contributed by atoms with van der Waals surface area (Å²) < 4.78 is 0. The zero-order valence-corrected chi connectivity index (χ0v) is 96.3. The second kappa shape index (κ2) is 40.5. The molecule has 15 aromatic carbocycles. The number of hydrogen-bond acceptors (Lipinski definition) is 0. The fourth-order valence-corrected chi connectivity index (χ4v) is 23.4. The molecule has 0 atom stereocenters. The summed E-state index contributed by atoms with van der Waals surface area (Å²) in [5, 5.41) is 0. The van der Waals surface area contributed by atoms with Crippen molar-refractivity contribution in [1.29, 1.82) is 0 Å². The molecular formula is C145H172. The predicted octanol–water partition coefficient (Wildman–Crippen LogP) is 39.3. The van der Waals surface area contributed by atoms with E-state index in [1.807, 2.05) is 0 Å². The standard InChI is InChI=1S/C145H172/c1-88-76-94(7)124(82-118(88)130(100-40-58-109(59-41-100)137(13,14)15)101-42-60-110(61-43-101)138(16,17)18)135(125-83-119(89(2)77-95(125)8)131(102-44-62-111(63-45-102)139(19,20)21)103-46-64-112(65-47-103)140(22,23)24)128-86-122(92(5)80-98(128)11)134(108-56-74-117(75-57-108)145(37,38)39)123-87-129(99(12)81-93(123)6)136(126-84-120(90(3)78-96(126)9)132(104-48-66-113(67-49-104)141(25,26)27)105-50-68-114(69-51-105)142(28,29)30)127-85-121(91(4)79-97(127)10)133(106-52-70-115(71-53-106)143(31,32)33)107-54-72-116(73-55-107)144(34,35)36/h40-87,130-136H,1-39H3. The van der Waals surface area contributed by atoms with Gasteiger partial charge in [0, 0.05) is 41.4 Å². The van der Waals surface area contributed by atoms with Crippen LogP contribution in [-0.4, -0.2) is 0 Å². The second-order valence-electron chi connectivity index (χ2n) is 53.3. The number of aryl methyl sites for hydroxylation is 12. The lowest BCUT2D eigenvalue weighted by Crippen LogP contribution is -2.17. The maximum absolute atomic E-state index is 2.74. The molecule has 0 saturated carbocycles. The molecule has 0 fully saturated rings. The Morgan fingerprint density at radius 3 is 0.283 bits per heavy atom. The molecule has 752 valence electrons. The molecule has 0 unspecified atom stereocenters. The van der Waals surface area contributed by atoms with Crippen molar-refractivity contribution < 1.29 is 0 Å². The normalized spacial score (nSPS) is 13.0. The number of hydrogen-bond donors (Lipinski definition) is 0. The Balaban J connectivity index is 1.04. The summed E-state index contributed by atoms with van der Waals surface area (Å²) >= 11 is 0. The molecule has 0 radical (unpaired) electrons. The highest BCUT2D eigenvalue weighted by molar-refractivity contribution is 5.66. The zero-order valence-electron chi connectivity index (χ0n) is 96.3. The van der Waals surface area contributed by atoms with Crippen LogP contribution < -0.4 is 0 Å². The van der Waals surface area contributed by atoms with Crippen molar-refractivity contribution in [2.24, 2.45) is 0 Å². The van der Waals surface area contributed by atoms with Gasteiger partial charge < -0.3 is 0 Å². The molecular weight excluding hydrogens is 1740 g/mol. The van der Waals surface area contributed by atoms with Gasteiger partial charge >= 0.3 is 0 Å². The molecule has 0 heterocycles. The van der Waals surface area contributed by atoms with Crippen LogP contribution in [0.25, 0.3) is 0 Å². The SMILES string of the molecule is Cc1cc(C)c(C(c2cc(C(c3ccc(C(C)(C)C)cc3)c3ccc(C(C)(C)C)cc3)c(C)cc2C)c2cc(C(c3ccc(C(C)(C)C)cc3)c3cc(C(c4cc(C(c5ccc(C(C)(C)C)cc5)c5ccc(C(C)(C)C)cc5)c(C)cc4C)c4cc(C(c5ccc(C(C)(C)C)cc5)c5ccc(C(C)(C)C)cc5)c(C)cc4C)c(C)cc3C)c(C)cc2C)cc1C(c1ccc(C(C)(C)C)cc1)c1ccc(C(C)(C)C)cc1. The lowest BCUT2D eigenvalue weighted by atomic mass is 9.71. The van der Waals surface area contributed by atoms with Gasteiger partial charge in [-0.3, -0.25) is 0 Å². The molecule has 0 heteroatoms. The largest absolute Gasteiger partial charge is 0.0582 e. The molecule has 0 aliphatic heterocycles. The van der Waals surface area contributed by atoms with Crippen LogP contribution in [-0.2, 0) is 48.7 Å². The van der Waals surface area contributed by atoms with Gasteiger partial charge in [0.2, 0.25) is 0 Å². The quantitative estimate of drug-likeness (QED) is 0.0629. The van der Waals surface area contributed by atoms with Crippen molar-refractivity contribution in [2.45, 2.75) is 360 Å². The van der Waals surface area contributed by atoms with E-state index >= 15 is 0 Å². The topological polar surface area (TPSA) is 0 Å². The lowest BCUT2D eigenvalue weighted by molar-refractivity contribution is 0.589. The highest BCUT2D eigenvalue weighted by Gasteiger charge is 2.38. The van der Waals surface area contributed by atoms with E-state index in [1.165, 1.54) is 234 Å². The maximum atomic E-state index is 2.74. The Morgan fingerprint density at radius 2 is 0.186 bits per heavy atom. The van der Waals surface area contributed by atoms with E-state index in [4.69, 9.17) is 0 Å². The predicted molar refractivity (Wildman–Crippen MR) is 628 cm³/mol. The Morgan fingerprint density at radius 1 is 0.103 bits per heavy atom. The summed E-state index contributed by atoms with van der Waals surface area (Å²) in [7, 11) is 0. The van der Waals surface area contributed by atoms with Crippen LogP contribution in [0, 0.1) is 83.1 Å². The third-order valence-electron chi connectivity index (χ3n) is 32.7. The number of benzene rings is 15. The maximum Gasteiger partial charge on any atom is 0.0348 e. The average molecular weight is 1910 g/mol. The van der Waals surface area contributed by atoms with Gasteiger partial charge in [0.1, 0.15) is 0 Å². The van der Waals surface area contributed by atoms with E-state index < -0.39 is 0 Å². The molecule has 15 aromatic rings. The summed E-state index contributed by atoms with van der Waals surface area (Å²) in [6.45, 7) is 92.1. The highest BCUT2D eigenvalue weighted by atomic mass is 14.4. The summed E-state index contributed by atoms with van der Waals surface area (Å²) in [5.74, 6) is -1.02. The molecule has 0 spiro atoms. The van der Waals surface area contributed by atoms with Gasteiger partial charge in [0.25, 0.3) is 0 Å². The molecule has 0 bridgehead atoms. The van der Waals surface area contributed by atoms with Gasteiger partial charge in [-0.2, -0.15) is 0 Å². The highest BCUT2D eigenvalue weighted by Crippen LogP contribution is 2.53. The minimum atomic E-state index is -0.244. The van der Waals surface area contributed by atoms with Gasteiger partial charge in [0.15, 0.2) is 0 Å². The third-order valence-corrected chi connectivity index (χ3v) is 32.7. The first-order valence-corrected chi connectivity index (χ1v) is 54.1. The number of rotatable bonds is 21. The first kappa shape index (κ1) is 108. The average Bonchev–Trinajstić information content (AvgIpc) is 0.737. The summed E-state index contributed by atoms with van der Waals surface area (Å²) in [4.78, 5) is 0. The lowest BCUT2D eigenvalue weighted by Gasteiger charge is -2.33. The Hall–Kier alpha value is -11.7.